The van der Waals surface area contributed by atoms with Crippen molar-refractivity contribution in [2.75, 3.05) is 6.54 Å². The van der Waals surface area contributed by atoms with Crippen LogP contribution in [0.25, 0.3) is 5.82 Å². The summed E-state index contributed by atoms with van der Waals surface area (Å²) in [5, 5.41) is 0. The number of likely N-dealkylation sites (tertiary alicyclic amines) is 1. The molecule has 6 nitrogen and oxygen atoms in total. The minimum absolute atomic E-state index is 0.365. The average molecular weight is 322 g/mol. The van der Waals surface area contributed by atoms with Crippen molar-refractivity contribution in [1.29, 1.82) is 0 Å². The van der Waals surface area contributed by atoms with E-state index in [0.717, 1.165) is 36.8 Å². The molecule has 0 bridgehead atoms. The Morgan fingerprint density at radius 1 is 1.29 bits per heavy atom. The van der Waals surface area contributed by atoms with Gasteiger partial charge in [0.05, 0.1) is 23.8 Å². The summed E-state index contributed by atoms with van der Waals surface area (Å²) in [6.45, 7) is 4.02. The van der Waals surface area contributed by atoms with E-state index in [1.807, 2.05) is 49.5 Å². The first-order chi connectivity index (χ1) is 11.7. The van der Waals surface area contributed by atoms with Crippen LogP contribution in [0, 0.1) is 6.92 Å². The molecule has 1 fully saturated rings. The Morgan fingerprint density at radius 2 is 2.21 bits per heavy atom. The van der Waals surface area contributed by atoms with E-state index >= 15 is 0 Å². The maximum atomic E-state index is 4.92. The van der Waals surface area contributed by atoms with E-state index in [1.165, 1.54) is 12.1 Å². The first-order valence-corrected chi connectivity index (χ1v) is 8.39. The highest BCUT2D eigenvalue weighted by Gasteiger charge is 2.27. The maximum Gasteiger partial charge on any atom is 0.138 e. The van der Waals surface area contributed by atoms with E-state index in [1.54, 1.807) is 0 Å². The van der Waals surface area contributed by atoms with Gasteiger partial charge >= 0.3 is 0 Å². The fourth-order valence-electron chi connectivity index (χ4n) is 3.47. The number of aromatic nitrogens is 5. The number of nitrogens with zero attached hydrogens (tertiary/aromatic N) is 6. The van der Waals surface area contributed by atoms with Crippen molar-refractivity contribution in [3.05, 3.63) is 60.3 Å². The number of aryl methyl sites for hydroxylation is 2. The summed E-state index contributed by atoms with van der Waals surface area (Å²) in [7, 11) is 2.05. The lowest BCUT2D eigenvalue weighted by atomic mass is 10.1. The molecule has 4 rings (SSSR count). The van der Waals surface area contributed by atoms with Crippen molar-refractivity contribution in [2.24, 2.45) is 7.05 Å². The van der Waals surface area contributed by atoms with Gasteiger partial charge in [0.25, 0.3) is 0 Å². The molecule has 1 aliphatic rings. The summed E-state index contributed by atoms with van der Waals surface area (Å²) in [4.78, 5) is 15.9. The molecule has 6 heteroatoms. The Kier molecular flexibility index (Phi) is 3.90. The summed E-state index contributed by atoms with van der Waals surface area (Å²) in [5.41, 5.74) is 2.38. The zero-order valence-electron chi connectivity index (χ0n) is 14.1. The number of hydrogen-bond donors (Lipinski definition) is 0. The second-order valence-electron chi connectivity index (χ2n) is 6.39. The lowest BCUT2D eigenvalue weighted by Crippen LogP contribution is -2.24. The third-order valence-electron chi connectivity index (χ3n) is 4.82. The van der Waals surface area contributed by atoms with Gasteiger partial charge in [-0.15, -0.1) is 0 Å². The summed E-state index contributed by atoms with van der Waals surface area (Å²) in [6.07, 6.45) is 9.95. The van der Waals surface area contributed by atoms with Crippen LogP contribution in [0.1, 0.15) is 36.1 Å². The average Bonchev–Trinajstić information content (AvgIpc) is 3.31. The van der Waals surface area contributed by atoms with Gasteiger partial charge in [-0.3, -0.25) is 9.47 Å². The van der Waals surface area contributed by atoms with Gasteiger partial charge in [0.15, 0.2) is 0 Å². The fraction of sp³-hybridized carbons (Fsp3) is 0.389. The zero-order valence-corrected chi connectivity index (χ0v) is 14.1. The van der Waals surface area contributed by atoms with Crippen molar-refractivity contribution in [3.63, 3.8) is 0 Å². The summed E-state index contributed by atoms with van der Waals surface area (Å²) < 4.78 is 4.12. The highest BCUT2D eigenvalue weighted by Crippen LogP contribution is 2.32. The van der Waals surface area contributed by atoms with Crippen LogP contribution in [0.15, 0.2) is 43.1 Å². The minimum atomic E-state index is 0.365. The third-order valence-corrected chi connectivity index (χ3v) is 4.82. The SMILES string of the molecule is Cc1nccn1-c1cccc(C2CCCN2Cc2cncn2C)n1. The van der Waals surface area contributed by atoms with Gasteiger partial charge in [-0.1, -0.05) is 6.07 Å². The molecule has 3 aromatic heterocycles. The number of pyridine rings is 1. The van der Waals surface area contributed by atoms with Gasteiger partial charge in [0.2, 0.25) is 0 Å². The van der Waals surface area contributed by atoms with Gasteiger partial charge in [-0.05, 0) is 38.4 Å². The van der Waals surface area contributed by atoms with Crippen molar-refractivity contribution in [2.45, 2.75) is 32.4 Å². The van der Waals surface area contributed by atoms with Crippen LogP contribution in [-0.4, -0.2) is 35.5 Å². The van der Waals surface area contributed by atoms with Crippen LogP contribution in [0.5, 0.6) is 0 Å². The van der Waals surface area contributed by atoms with Crippen LogP contribution in [0.2, 0.25) is 0 Å². The summed E-state index contributed by atoms with van der Waals surface area (Å²) in [6, 6.07) is 6.64. The molecular weight excluding hydrogens is 300 g/mol. The lowest BCUT2D eigenvalue weighted by Gasteiger charge is -2.24. The normalized spacial score (nSPS) is 18.3. The Bertz CT molecular complexity index is 833. The highest BCUT2D eigenvalue weighted by molar-refractivity contribution is 5.28. The monoisotopic (exact) mass is 322 g/mol. The molecule has 0 radical (unpaired) electrons. The van der Waals surface area contributed by atoms with Crippen molar-refractivity contribution in [3.8, 4) is 5.82 Å². The second-order valence-corrected chi connectivity index (χ2v) is 6.39. The van der Waals surface area contributed by atoms with Crippen LogP contribution >= 0.6 is 0 Å². The van der Waals surface area contributed by atoms with E-state index in [0.29, 0.717) is 6.04 Å². The Morgan fingerprint density at radius 3 is 2.96 bits per heavy atom. The molecule has 0 aliphatic carbocycles. The lowest BCUT2D eigenvalue weighted by molar-refractivity contribution is 0.239. The largest absolute Gasteiger partial charge is 0.337 e. The van der Waals surface area contributed by atoms with Crippen molar-refractivity contribution < 1.29 is 0 Å². The summed E-state index contributed by atoms with van der Waals surface area (Å²) in [5.74, 6) is 1.90. The molecule has 0 aromatic carbocycles. The molecule has 4 heterocycles. The van der Waals surface area contributed by atoms with Crippen LogP contribution in [0.4, 0.5) is 0 Å². The molecule has 24 heavy (non-hydrogen) atoms. The van der Waals surface area contributed by atoms with Crippen LogP contribution < -0.4 is 0 Å². The zero-order chi connectivity index (χ0) is 16.5. The molecule has 3 aromatic rings. The Hall–Kier alpha value is -2.47. The first kappa shape index (κ1) is 15.1. The quantitative estimate of drug-likeness (QED) is 0.741. The Labute approximate surface area is 141 Å². The van der Waals surface area contributed by atoms with E-state index in [-0.39, 0.29) is 0 Å². The van der Waals surface area contributed by atoms with Gasteiger partial charge in [-0.2, -0.15) is 0 Å². The van der Waals surface area contributed by atoms with E-state index in [9.17, 15) is 0 Å². The van der Waals surface area contributed by atoms with E-state index in [4.69, 9.17) is 4.98 Å². The molecule has 1 atom stereocenters. The highest BCUT2D eigenvalue weighted by atomic mass is 15.2. The van der Waals surface area contributed by atoms with Gasteiger partial charge in [0, 0.05) is 32.2 Å². The molecule has 0 amide bonds. The molecular formula is C18H22N6. The predicted molar refractivity (Wildman–Crippen MR) is 91.7 cm³/mol. The van der Waals surface area contributed by atoms with Crippen LogP contribution in [0.3, 0.4) is 0 Å². The van der Waals surface area contributed by atoms with Crippen molar-refractivity contribution >= 4 is 0 Å². The number of hydrogen-bond acceptors (Lipinski definition) is 4. The second kappa shape index (κ2) is 6.20. The first-order valence-electron chi connectivity index (χ1n) is 8.39. The van der Waals surface area contributed by atoms with Crippen molar-refractivity contribution in [1.82, 2.24) is 29.0 Å². The van der Waals surface area contributed by atoms with Gasteiger partial charge in [0.1, 0.15) is 11.6 Å². The maximum absolute atomic E-state index is 4.92. The third kappa shape index (κ3) is 2.73. The summed E-state index contributed by atoms with van der Waals surface area (Å²) >= 11 is 0. The fourth-order valence-corrected chi connectivity index (χ4v) is 3.47. The number of imidazole rings is 2. The smallest absolute Gasteiger partial charge is 0.138 e. The standard InChI is InChI=1S/C18H22N6/c1-14-20-8-10-24(14)18-7-3-5-16(21-18)17-6-4-9-23(17)12-15-11-19-13-22(15)2/h3,5,7-8,10-11,13,17H,4,6,9,12H2,1-2H3. The molecule has 0 spiro atoms. The van der Waals surface area contributed by atoms with Crippen LogP contribution in [-0.2, 0) is 13.6 Å². The molecule has 124 valence electrons. The van der Waals surface area contributed by atoms with Gasteiger partial charge in [-0.25, -0.2) is 15.0 Å². The molecule has 1 aliphatic heterocycles. The molecule has 1 saturated heterocycles. The van der Waals surface area contributed by atoms with E-state index in [2.05, 4.69) is 31.6 Å². The molecule has 1 unspecified atom stereocenters. The molecule has 0 saturated carbocycles. The predicted octanol–water partition coefficient (Wildman–Crippen LogP) is 2.65. The molecule has 0 N–H and O–H groups in total. The number of rotatable bonds is 4. The van der Waals surface area contributed by atoms with E-state index < -0.39 is 0 Å². The topological polar surface area (TPSA) is 51.8 Å². The minimum Gasteiger partial charge on any atom is -0.337 e. The van der Waals surface area contributed by atoms with Gasteiger partial charge < -0.3 is 4.57 Å². The Balaban J connectivity index is 1.61.